The number of rotatable bonds is 13. The molecule has 4 nitrogen and oxygen atoms in total. The zero-order chi connectivity index (χ0) is 15.2. The van der Waals surface area contributed by atoms with Crippen LogP contribution in [-0.2, 0) is 9.59 Å². The van der Waals surface area contributed by atoms with Crippen molar-refractivity contribution in [3.63, 3.8) is 0 Å². The Hall–Kier alpha value is -1.58. The average Bonchev–Trinajstić information content (AvgIpc) is 2.39. The van der Waals surface area contributed by atoms with E-state index in [9.17, 15) is 9.59 Å². The smallest absolute Gasteiger partial charge is 0.335 e. The molecule has 0 unspecified atom stereocenters. The van der Waals surface area contributed by atoms with Gasteiger partial charge in [0.15, 0.2) is 0 Å². The van der Waals surface area contributed by atoms with Crippen molar-refractivity contribution in [2.75, 3.05) is 0 Å². The van der Waals surface area contributed by atoms with Crippen LogP contribution in [0.2, 0.25) is 0 Å². The number of carbonyl (C=O) groups is 2. The summed E-state index contributed by atoms with van der Waals surface area (Å²) in [5, 5.41) is 17.3. The second-order valence-electron chi connectivity index (χ2n) is 4.93. The molecule has 0 radical (unpaired) electrons. The average molecular weight is 282 g/mol. The summed E-state index contributed by atoms with van der Waals surface area (Å²) in [5.74, 6) is -1.63. The number of unbranched alkanes of at least 4 members (excludes halogenated alkanes) is 8. The standard InChI is InChI=1S/C16H26O4/c1-2-14(16(19)20)12-10-8-6-4-3-5-7-9-11-13-15(17)18/h2,12H,1,3-11,13H2,(H,17,18)(H,19,20). The van der Waals surface area contributed by atoms with Crippen LogP contribution in [0.3, 0.4) is 0 Å². The van der Waals surface area contributed by atoms with Crippen LogP contribution >= 0.6 is 0 Å². The Morgan fingerprint density at radius 2 is 1.35 bits per heavy atom. The molecule has 0 rings (SSSR count). The highest BCUT2D eigenvalue weighted by Gasteiger charge is 2.00. The van der Waals surface area contributed by atoms with Crippen LogP contribution in [0.25, 0.3) is 0 Å². The minimum atomic E-state index is -0.915. The normalized spacial score (nSPS) is 11.3. The molecule has 114 valence electrons. The minimum absolute atomic E-state index is 0.279. The first kappa shape index (κ1) is 18.4. The molecule has 0 saturated heterocycles. The predicted molar refractivity (Wildman–Crippen MR) is 79.7 cm³/mol. The summed E-state index contributed by atoms with van der Waals surface area (Å²) in [7, 11) is 0. The SMILES string of the molecule is C=CC(=CCCCCCCCCCCC(=O)O)C(=O)O. The van der Waals surface area contributed by atoms with E-state index in [1.165, 1.54) is 12.5 Å². The van der Waals surface area contributed by atoms with Gasteiger partial charge in [-0.05, 0) is 19.3 Å². The van der Waals surface area contributed by atoms with Crippen molar-refractivity contribution < 1.29 is 19.8 Å². The van der Waals surface area contributed by atoms with Crippen molar-refractivity contribution in [1.82, 2.24) is 0 Å². The van der Waals surface area contributed by atoms with E-state index in [0.717, 1.165) is 51.4 Å². The first-order valence-corrected chi connectivity index (χ1v) is 7.35. The van der Waals surface area contributed by atoms with E-state index in [1.807, 2.05) is 0 Å². The lowest BCUT2D eigenvalue weighted by molar-refractivity contribution is -0.137. The van der Waals surface area contributed by atoms with Gasteiger partial charge in [0.1, 0.15) is 0 Å². The molecule has 0 fully saturated rings. The first-order chi connectivity index (χ1) is 9.57. The highest BCUT2D eigenvalue weighted by Crippen LogP contribution is 2.11. The summed E-state index contributed by atoms with van der Waals surface area (Å²) in [5.41, 5.74) is 0.281. The zero-order valence-corrected chi connectivity index (χ0v) is 12.1. The third-order valence-corrected chi connectivity index (χ3v) is 3.18. The van der Waals surface area contributed by atoms with Crippen LogP contribution in [0, 0.1) is 0 Å². The van der Waals surface area contributed by atoms with Crippen LogP contribution in [-0.4, -0.2) is 22.2 Å². The van der Waals surface area contributed by atoms with E-state index in [2.05, 4.69) is 6.58 Å². The number of hydrogen-bond donors (Lipinski definition) is 2. The van der Waals surface area contributed by atoms with Crippen molar-refractivity contribution >= 4 is 11.9 Å². The summed E-state index contributed by atoms with van der Waals surface area (Å²) < 4.78 is 0. The molecule has 0 saturated carbocycles. The van der Waals surface area contributed by atoms with Gasteiger partial charge in [0.2, 0.25) is 0 Å². The second-order valence-corrected chi connectivity index (χ2v) is 4.93. The molecule has 0 spiro atoms. The van der Waals surface area contributed by atoms with E-state index < -0.39 is 11.9 Å². The quantitative estimate of drug-likeness (QED) is 0.302. The molecule has 0 aromatic carbocycles. The van der Waals surface area contributed by atoms with Gasteiger partial charge in [0.05, 0.1) is 5.57 Å². The van der Waals surface area contributed by atoms with Gasteiger partial charge >= 0.3 is 11.9 Å². The third-order valence-electron chi connectivity index (χ3n) is 3.18. The summed E-state index contributed by atoms with van der Waals surface area (Å²) in [6.07, 6.45) is 12.6. The van der Waals surface area contributed by atoms with E-state index in [0.29, 0.717) is 0 Å². The maximum absolute atomic E-state index is 10.7. The highest BCUT2D eigenvalue weighted by atomic mass is 16.4. The Labute approximate surface area is 121 Å². The molecule has 2 N–H and O–H groups in total. The zero-order valence-electron chi connectivity index (χ0n) is 12.1. The molecule has 0 aliphatic rings. The lowest BCUT2D eigenvalue weighted by Gasteiger charge is -2.01. The van der Waals surface area contributed by atoms with Gasteiger partial charge in [-0.25, -0.2) is 4.79 Å². The van der Waals surface area contributed by atoms with Crippen molar-refractivity contribution in [3.8, 4) is 0 Å². The lowest BCUT2D eigenvalue weighted by atomic mass is 10.1. The van der Waals surface area contributed by atoms with E-state index in [1.54, 1.807) is 6.08 Å². The van der Waals surface area contributed by atoms with Gasteiger partial charge in [-0.1, -0.05) is 57.3 Å². The van der Waals surface area contributed by atoms with Gasteiger partial charge in [-0.2, -0.15) is 0 Å². The number of carboxylic acid groups (broad SMARTS) is 2. The molecule has 0 atom stereocenters. The number of aliphatic carboxylic acids is 2. The third kappa shape index (κ3) is 11.5. The van der Waals surface area contributed by atoms with Gasteiger partial charge in [-0.3, -0.25) is 4.79 Å². The summed E-state index contributed by atoms with van der Waals surface area (Å²) >= 11 is 0. The van der Waals surface area contributed by atoms with Gasteiger partial charge in [0, 0.05) is 6.42 Å². The Kier molecular flexibility index (Phi) is 11.5. The van der Waals surface area contributed by atoms with Crippen LogP contribution in [0.5, 0.6) is 0 Å². The van der Waals surface area contributed by atoms with Gasteiger partial charge < -0.3 is 10.2 Å². The fourth-order valence-corrected chi connectivity index (χ4v) is 2.00. The molecule has 0 aromatic rings. The van der Waals surface area contributed by atoms with Gasteiger partial charge in [0.25, 0.3) is 0 Å². The van der Waals surface area contributed by atoms with E-state index in [-0.39, 0.29) is 12.0 Å². The molecule has 4 heteroatoms. The monoisotopic (exact) mass is 282 g/mol. The fraction of sp³-hybridized carbons (Fsp3) is 0.625. The summed E-state index contributed by atoms with van der Waals surface area (Å²) in [6, 6.07) is 0. The minimum Gasteiger partial charge on any atom is -0.481 e. The van der Waals surface area contributed by atoms with Crippen LogP contribution in [0.15, 0.2) is 24.3 Å². The largest absolute Gasteiger partial charge is 0.481 e. The van der Waals surface area contributed by atoms with Crippen LogP contribution < -0.4 is 0 Å². The Bertz CT molecular complexity index is 331. The maximum Gasteiger partial charge on any atom is 0.335 e. The summed E-state index contributed by atoms with van der Waals surface area (Å²) in [4.78, 5) is 21.0. The van der Waals surface area contributed by atoms with Crippen LogP contribution in [0.4, 0.5) is 0 Å². The molecular weight excluding hydrogens is 256 g/mol. The molecule has 0 amide bonds. The van der Waals surface area contributed by atoms with Crippen LogP contribution in [0.1, 0.15) is 64.2 Å². The predicted octanol–water partition coefficient (Wildman–Crippen LogP) is 4.17. The Morgan fingerprint density at radius 1 is 0.850 bits per heavy atom. The fourth-order valence-electron chi connectivity index (χ4n) is 2.00. The molecule has 0 bridgehead atoms. The van der Waals surface area contributed by atoms with Gasteiger partial charge in [-0.15, -0.1) is 0 Å². The van der Waals surface area contributed by atoms with Crippen molar-refractivity contribution in [2.24, 2.45) is 0 Å². The number of hydrogen-bond acceptors (Lipinski definition) is 2. The second kappa shape index (κ2) is 12.5. The van der Waals surface area contributed by atoms with Crippen molar-refractivity contribution in [3.05, 3.63) is 24.3 Å². The topological polar surface area (TPSA) is 74.6 Å². The Balaban J connectivity index is 3.35. The number of allylic oxidation sites excluding steroid dienone is 1. The molecular formula is C16H26O4. The summed E-state index contributed by atoms with van der Waals surface area (Å²) in [6.45, 7) is 3.47. The highest BCUT2D eigenvalue weighted by molar-refractivity contribution is 5.89. The molecule has 0 aliphatic heterocycles. The van der Waals surface area contributed by atoms with E-state index in [4.69, 9.17) is 10.2 Å². The maximum atomic E-state index is 10.7. The molecule has 0 aromatic heterocycles. The molecule has 0 heterocycles. The Morgan fingerprint density at radius 3 is 1.80 bits per heavy atom. The van der Waals surface area contributed by atoms with Crippen molar-refractivity contribution in [1.29, 1.82) is 0 Å². The molecule has 20 heavy (non-hydrogen) atoms. The lowest BCUT2D eigenvalue weighted by Crippen LogP contribution is -1.96. The molecule has 0 aliphatic carbocycles. The first-order valence-electron chi connectivity index (χ1n) is 7.35. The van der Waals surface area contributed by atoms with Crippen molar-refractivity contribution in [2.45, 2.75) is 64.2 Å². The van der Waals surface area contributed by atoms with E-state index >= 15 is 0 Å². The number of carboxylic acids is 2.